The number of nitrogens with zero attached hydrogens (tertiary/aromatic N) is 1. The molecule has 0 aromatic heterocycles. The highest BCUT2D eigenvalue weighted by molar-refractivity contribution is 8.00. The average molecular weight is 199 g/mol. The summed E-state index contributed by atoms with van der Waals surface area (Å²) >= 11 is 2.10. The minimum Gasteiger partial charge on any atom is -0.299 e. The van der Waals surface area contributed by atoms with Gasteiger partial charge in [-0.3, -0.25) is 4.90 Å². The third-order valence-electron chi connectivity index (χ3n) is 3.65. The molecule has 0 amide bonds. The largest absolute Gasteiger partial charge is 0.299 e. The lowest BCUT2D eigenvalue weighted by molar-refractivity contribution is 0.128. The SMILES string of the molecule is CC(C)C1CCN(C2CSC2)CC1. The molecule has 0 saturated carbocycles. The fourth-order valence-corrected chi connectivity index (χ4v) is 3.25. The minimum absolute atomic E-state index is 0.901. The van der Waals surface area contributed by atoms with E-state index in [1.54, 1.807) is 0 Å². The van der Waals surface area contributed by atoms with Gasteiger partial charge >= 0.3 is 0 Å². The van der Waals surface area contributed by atoms with Crippen LogP contribution in [0, 0.1) is 11.8 Å². The quantitative estimate of drug-likeness (QED) is 0.672. The van der Waals surface area contributed by atoms with Gasteiger partial charge in [0.05, 0.1) is 0 Å². The summed E-state index contributed by atoms with van der Waals surface area (Å²) in [6, 6.07) is 0.943. The van der Waals surface area contributed by atoms with E-state index in [9.17, 15) is 0 Å². The van der Waals surface area contributed by atoms with Crippen molar-refractivity contribution in [1.29, 1.82) is 0 Å². The second-order valence-corrected chi connectivity index (χ2v) is 5.88. The molecule has 0 N–H and O–H groups in total. The Hall–Kier alpha value is 0.310. The summed E-state index contributed by atoms with van der Waals surface area (Å²) in [6.07, 6.45) is 2.89. The Morgan fingerprint density at radius 3 is 2.15 bits per heavy atom. The van der Waals surface area contributed by atoms with Gasteiger partial charge in [0.2, 0.25) is 0 Å². The molecular weight excluding hydrogens is 178 g/mol. The maximum absolute atomic E-state index is 2.72. The van der Waals surface area contributed by atoms with Crippen LogP contribution in [0.1, 0.15) is 26.7 Å². The van der Waals surface area contributed by atoms with Crippen molar-refractivity contribution in [2.75, 3.05) is 24.6 Å². The normalized spacial score (nSPS) is 27.9. The molecule has 2 heteroatoms. The van der Waals surface area contributed by atoms with E-state index in [2.05, 4.69) is 30.5 Å². The van der Waals surface area contributed by atoms with Gasteiger partial charge in [-0.25, -0.2) is 0 Å². The summed E-state index contributed by atoms with van der Waals surface area (Å²) < 4.78 is 0. The standard InChI is InChI=1S/C11H21NS/c1-9(2)10-3-5-12(6-4-10)11-7-13-8-11/h9-11H,3-8H2,1-2H3. The smallest absolute Gasteiger partial charge is 0.0276 e. The molecule has 0 atom stereocenters. The molecule has 0 unspecified atom stereocenters. The van der Waals surface area contributed by atoms with E-state index >= 15 is 0 Å². The molecular formula is C11H21NS. The van der Waals surface area contributed by atoms with Crippen LogP contribution in [0.25, 0.3) is 0 Å². The lowest BCUT2D eigenvalue weighted by Crippen LogP contribution is -2.48. The van der Waals surface area contributed by atoms with Crippen LogP contribution in [0.4, 0.5) is 0 Å². The second-order valence-electron chi connectivity index (χ2n) is 4.81. The molecule has 2 fully saturated rings. The lowest BCUT2D eigenvalue weighted by Gasteiger charge is -2.42. The zero-order valence-corrected chi connectivity index (χ0v) is 9.65. The van der Waals surface area contributed by atoms with Crippen molar-refractivity contribution in [3.8, 4) is 0 Å². The Morgan fingerprint density at radius 1 is 1.15 bits per heavy atom. The molecule has 2 heterocycles. The molecule has 2 aliphatic rings. The summed E-state index contributed by atoms with van der Waals surface area (Å²) in [6.45, 7) is 7.49. The van der Waals surface area contributed by atoms with Crippen molar-refractivity contribution in [1.82, 2.24) is 4.90 Å². The van der Waals surface area contributed by atoms with Crippen LogP contribution in [0.2, 0.25) is 0 Å². The highest BCUT2D eigenvalue weighted by Gasteiger charge is 2.29. The average Bonchev–Trinajstić information content (AvgIpc) is 2.02. The first-order chi connectivity index (χ1) is 6.27. The van der Waals surface area contributed by atoms with Crippen LogP contribution in [-0.2, 0) is 0 Å². The third kappa shape index (κ3) is 2.21. The van der Waals surface area contributed by atoms with Crippen molar-refractivity contribution in [2.45, 2.75) is 32.7 Å². The Morgan fingerprint density at radius 2 is 1.77 bits per heavy atom. The van der Waals surface area contributed by atoms with Crippen LogP contribution in [0.3, 0.4) is 0 Å². The van der Waals surface area contributed by atoms with Crippen LogP contribution < -0.4 is 0 Å². The van der Waals surface area contributed by atoms with Gasteiger partial charge in [-0.05, 0) is 37.8 Å². The van der Waals surface area contributed by atoms with E-state index in [4.69, 9.17) is 0 Å². The summed E-state index contributed by atoms with van der Waals surface area (Å²) in [5, 5.41) is 0. The Labute approximate surface area is 86.3 Å². The molecule has 0 aliphatic carbocycles. The van der Waals surface area contributed by atoms with Gasteiger partial charge in [0.25, 0.3) is 0 Å². The van der Waals surface area contributed by atoms with Crippen LogP contribution in [-0.4, -0.2) is 35.5 Å². The van der Waals surface area contributed by atoms with Crippen molar-refractivity contribution < 1.29 is 0 Å². The molecule has 0 bridgehead atoms. The zero-order valence-electron chi connectivity index (χ0n) is 8.83. The molecule has 1 nitrogen and oxygen atoms in total. The molecule has 0 spiro atoms. The summed E-state index contributed by atoms with van der Waals surface area (Å²) in [7, 11) is 0. The van der Waals surface area contributed by atoms with E-state index in [1.165, 1.54) is 37.4 Å². The fourth-order valence-electron chi connectivity index (χ4n) is 2.39. The van der Waals surface area contributed by atoms with E-state index in [-0.39, 0.29) is 0 Å². The number of piperidine rings is 1. The summed E-state index contributed by atoms with van der Waals surface area (Å²) in [5.74, 6) is 4.69. The van der Waals surface area contributed by atoms with E-state index in [0.717, 1.165) is 17.9 Å². The van der Waals surface area contributed by atoms with Gasteiger partial charge in [-0.15, -0.1) is 0 Å². The zero-order chi connectivity index (χ0) is 9.26. The molecule has 13 heavy (non-hydrogen) atoms. The summed E-state index contributed by atoms with van der Waals surface area (Å²) in [5.41, 5.74) is 0. The molecule has 2 saturated heterocycles. The number of rotatable bonds is 2. The van der Waals surface area contributed by atoms with Crippen molar-refractivity contribution in [3.05, 3.63) is 0 Å². The van der Waals surface area contributed by atoms with E-state index < -0.39 is 0 Å². The van der Waals surface area contributed by atoms with Gasteiger partial charge in [0.1, 0.15) is 0 Å². The first kappa shape index (κ1) is 9.85. The summed E-state index contributed by atoms with van der Waals surface area (Å²) in [4.78, 5) is 2.72. The fraction of sp³-hybridized carbons (Fsp3) is 1.00. The number of hydrogen-bond acceptors (Lipinski definition) is 2. The number of likely N-dealkylation sites (tertiary alicyclic amines) is 1. The number of hydrogen-bond donors (Lipinski definition) is 0. The first-order valence-electron chi connectivity index (χ1n) is 5.59. The predicted octanol–water partition coefficient (Wildman–Crippen LogP) is 2.47. The van der Waals surface area contributed by atoms with Gasteiger partial charge in [-0.2, -0.15) is 11.8 Å². The van der Waals surface area contributed by atoms with Crippen LogP contribution in [0.5, 0.6) is 0 Å². The van der Waals surface area contributed by atoms with Crippen LogP contribution in [0.15, 0.2) is 0 Å². The van der Waals surface area contributed by atoms with Gasteiger partial charge in [-0.1, -0.05) is 13.8 Å². The molecule has 76 valence electrons. The van der Waals surface area contributed by atoms with Gasteiger partial charge < -0.3 is 0 Å². The molecule has 0 aromatic carbocycles. The van der Waals surface area contributed by atoms with E-state index in [0.29, 0.717) is 0 Å². The lowest BCUT2D eigenvalue weighted by atomic mass is 9.86. The topological polar surface area (TPSA) is 3.24 Å². The van der Waals surface area contributed by atoms with Gasteiger partial charge in [0, 0.05) is 17.5 Å². The molecule has 0 aromatic rings. The van der Waals surface area contributed by atoms with Crippen molar-refractivity contribution >= 4 is 11.8 Å². The molecule has 2 aliphatic heterocycles. The molecule has 2 rings (SSSR count). The highest BCUT2D eigenvalue weighted by atomic mass is 32.2. The second kappa shape index (κ2) is 4.22. The number of thioether (sulfide) groups is 1. The Bertz CT molecular complexity index is 157. The maximum Gasteiger partial charge on any atom is 0.0276 e. The maximum atomic E-state index is 2.72. The minimum atomic E-state index is 0.901. The third-order valence-corrected chi connectivity index (χ3v) is 4.89. The van der Waals surface area contributed by atoms with Crippen molar-refractivity contribution in [3.63, 3.8) is 0 Å². The van der Waals surface area contributed by atoms with Crippen LogP contribution >= 0.6 is 11.8 Å². The monoisotopic (exact) mass is 199 g/mol. The van der Waals surface area contributed by atoms with Crippen molar-refractivity contribution in [2.24, 2.45) is 11.8 Å². The molecule has 0 radical (unpaired) electrons. The predicted molar refractivity (Wildman–Crippen MR) is 60.2 cm³/mol. The van der Waals surface area contributed by atoms with Gasteiger partial charge in [0.15, 0.2) is 0 Å². The Kier molecular flexibility index (Phi) is 3.20. The van der Waals surface area contributed by atoms with E-state index in [1.807, 2.05) is 0 Å². The Balaban J connectivity index is 1.75. The first-order valence-corrected chi connectivity index (χ1v) is 6.74. The highest BCUT2D eigenvalue weighted by Crippen LogP contribution is 2.30.